The maximum atomic E-state index is 13.8. The second-order valence-electron chi connectivity index (χ2n) is 10.4. The fourth-order valence-corrected chi connectivity index (χ4v) is 5.51. The number of ether oxygens (including phenoxy) is 2. The van der Waals surface area contributed by atoms with Gasteiger partial charge in [0.15, 0.2) is 11.4 Å². The lowest BCUT2D eigenvalue weighted by Crippen LogP contribution is -2.36. The third-order valence-electron chi connectivity index (χ3n) is 7.26. The molecule has 2 aromatic rings. The highest BCUT2D eigenvalue weighted by molar-refractivity contribution is 7.98. The van der Waals surface area contributed by atoms with Crippen molar-refractivity contribution in [3.05, 3.63) is 83.1 Å². The number of Topliss-reactive ketones (excluding diaryl/α,β-unsaturated/α-hetero) is 1. The van der Waals surface area contributed by atoms with E-state index in [0.29, 0.717) is 28.6 Å². The smallest absolute Gasteiger partial charge is 0.415 e. The number of carbonyl (C=O) groups is 3. The molecule has 0 bridgehead atoms. The van der Waals surface area contributed by atoms with Crippen LogP contribution < -0.4 is 4.74 Å². The fraction of sp³-hybridized carbons (Fsp3) is 0.367. The van der Waals surface area contributed by atoms with Crippen LogP contribution >= 0.6 is 23.4 Å². The van der Waals surface area contributed by atoms with E-state index in [4.69, 9.17) is 21.1 Å². The minimum absolute atomic E-state index is 0.0386. The number of hydrogen-bond donors (Lipinski definition) is 1. The number of carboxylic acid groups (broad SMARTS) is 1. The normalized spacial score (nSPS) is 22.8. The van der Waals surface area contributed by atoms with Crippen molar-refractivity contribution in [3.8, 4) is 5.75 Å². The van der Waals surface area contributed by atoms with Crippen molar-refractivity contribution in [1.82, 2.24) is 4.90 Å². The number of halogens is 1. The molecule has 0 aromatic heterocycles. The maximum Gasteiger partial charge on any atom is 0.415 e. The van der Waals surface area contributed by atoms with E-state index in [1.807, 2.05) is 49.6 Å². The Morgan fingerprint density at radius 2 is 1.72 bits per heavy atom. The van der Waals surface area contributed by atoms with Gasteiger partial charge in [0.2, 0.25) is 0 Å². The summed E-state index contributed by atoms with van der Waals surface area (Å²) in [6.45, 7) is 5.54. The molecule has 7 nitrogen and oxygen atoms in total. The van der Waals surface area contributed by atoms with Crippen molar-refractivity contribution in [2.75, 3.05) is 19.3 Å². The minimum Gasteiger partial charge on any atom is -0.478 e. The highest BCUT2D eigenvalue weighted by Gasteiger charge is 2.45. The number of benzene rings is 2. The maximum absolute atomic E-state index is 13.8. The zero-order valence-corrected chi connectivity index (χ0v) is 23.9. The molecule has 1 amide bonds. The third kappa shape index (κ3) is 6.68. The summed E-state index contributed by atoms with van der Waals surface area (Å²) in [6.07, 6.45) is 7.06. The molecule has 9 heteroatoms. The average Bonchev–Trinajstić information content (AvgIpc) is 3.36. The first-order valence-electron chi connectivity index (χ1n) is 12.7. The molecule has 206 valence electrons. The molecule has 2 aliphatic rings. The van der Waals surface area contributed by atoms with E-state index in [-0.39, 0.29) is 30.1 Å². The minimum atomic E-state index is -1.42. The number of carbonyl (C=O) groups excluding carboxylic acids is 2. The zero-order valence-electron chi connectivity index (χ0n) is 22.3. The highest BCUT2D eigenvalue weighted by Crippen LogP contribution is 2.40. The van der Waals surface area contributed by atoms with Gasteiger partial charge in [-0.1, -0.05) is 36.7 Å². The summed E-state index contributed by atoms with van der Waals surface area (Å²) < 4.78 is 11.4. The lowest BCUT2D eigenvalue weighted by atomic mass is 9.73. The number of thioether (sulfide) groups is 1. The zero-order chi connectivity index (χ0) is 28.3. The first-order valence-corrected chi connectivity index (χ1v) is 14.3. The number of allylic oxidation sites excluding steroid dienone is 3. The number of nitrogens with zero attached hydrogens (tertiary/aromatic N) is 1. The Labute approximate surface area is 237 Å². The Hall–Kier alpha value is -3.23. The van der Waals surface area contributed by atoms with Gasteiger partial charge in [-0.3, -0.25) is 4.79 Å². The van der Waals surface area contributed by atoms with E-state index in [0.717, 1.165) is 4.90 Å². The molecule has 2 aromatic carbocycles. The average molecular weight is 570 g/mol. The second-order valence-corrected chi connectivity index (χ2v) is 11.7. The van der Waals surface area contributed by atoms with Gasteiger partial charge in [-0.2, -0.15) is 0 Å². The van der Waals surface area contributed by atoms with Crippen LogP contribution in [-0.4, -0.2) is 52.8 Å². The molecule has 1 aliphatic carbocycles. The monoisotopic (exact) mass is 569 g/mol. The van der Waals surface area contributed by atoms with Crippen LogP contribution in [0.2, 0.25) is 5.02 Å². The van der Waals surface area contributed by atoms with Crippen molar-refractivity contribution in [3.63, 3.8) is 0 Å². The number of amides is 1. The number of likely N-dealkylation sites (tertiary alicyclic amines) is 1. The van der Waals surface area contributed by atoms with Crippen molar-refractivity contribution >= 4 is 41.2 Å². The Balaban J connectivity index is 1.62. The Morgan fingerprint density at radius 1 is 1.05 bits per heavy atom. The van der Waals surface area contributed by atoms with E-state index in [9.17, 15) is 19.5 Å². The number of ketones is 1. The third-order valence-corrected chi connectivity index (χ3v) is 8.26. The van der Waals surface area contributed by atoms with E-state index >= 15 is 0 Å². The van der Waals surface area contributed by atoms with E-state index in [1.54, 1.807) is 47.0 Å². The standard InChI is InChI=1S/C30H32ClNO6S/c1-18-5-10-22(38-30(2,3)28(34)35)15-24(18)25-16-32(29(36)37-21-11-8-20(31)9-12-21)17-26(25)27(33)19-6-13-23(39-4)14-7-19/h5-15,18,24-26H,16-17H2,1-4H3,(H,34,35). The van der Waals surface area contributed by atoms with Crippen LogP contribution in [0.25, 0.3) is 0 Å². The molecule has 0 saturated carbocycles. The van der Waals surface area contributed by atoms with Crippen LogP contribution in [0.5, 0.6) is 5.75 Å². The number of hydrogen-bond acceptors (Lipinski definition) is 6. The molecule has 0 spiro atoms. The second kappa shape index (κ2) is 11.9. The first-order chi connectivity index (χ1) is 18.5. The molecule has 1 heterocycles. The number of rotatable bonds is 8. The summed E-state index contributed by atoms with van der Waals surface area (Å²) >= 11 is 7.55. The molecule has 1 saturated heterocycles. The summed E-state index contributed by atoms with van der Waals surface area (Å²) in [5, 5.41) is 10.1. The van der Waals surface area contributed by atoms with Crippen molar-refractivity contribution in [2.24, 2.45) is 23.7 Å². The van der Waals surface area contributed by atoms with Gasteiger partial charge in [-0.25, -0.2) is 9.59 Å². The van der Waals surface area contributed by atoms with Gasteiger partial charge in [0, 0.05) is 34.5 Å². The Bertz CT molecular complexity index is 1290. The van der Waals surface area contributed by atoms with Crippen LogP contribution in [0.3, 0.4) is 0 Å². The molecule has 1 aliphatic heterocycles. The van der Waals surface area contributed by atoms with E-state index in [1.165, 1.54) is 13.8 Å². The van der Waals surface area contributed by atoms with Crippen molar-refractivity contribution < 1.29 is 29.0 Å². The quantitative estimate of drug-likeness (QED) is 0.283. The van der Waals surface area contributed by atoms with Gasteiger partial charge >= 0.3 is 12.1 Å². The predicted octanol–water partition coefficient (Wildman–Crippen LogP) is 6.58. The summed E-state index contributed by atoms with van der Waals surface area (Å²) in [7, 11) is 0. The summed E-state index contributed by atoms with van der Waals surface area (Å²) in [5.74, 6) is -1.16. The molecular weight excluding hydrogens is 538 g/mol. The summed E-state index contributed by atoms with van der Waals surface area (Å²) in [6, 6.07) is 14.0. The molecule has 4 unspecified atom stereocenters. The summed E-state index contributed by atoms with van der Waals surface area (Å²) in [5.41, 5.74) is -0.832. The topological polar surface area (TPSA) is 93.1 Å². The lowest BCUT2D eigenvalue weighted by Gasteiger charge is -2.32. The van der Waals surface area contributed by atoms with Gasteiger partial charge in [-0.15, -0.1) is 11.8 Å². The molecular formula is C30H32ClNO6S. The molecule has 4 atom stereocenters. The van der Waals surface area contributed by atoms with Gasteiger partial charge in [-0.05, 0) is 86.4 Å². The molecule has 0 radical (unpaired) electrons. The number of aliphatic carboxylic acids is 1. The molecule has 1 N–H and O–H groups in total. The van der Waals surface area contributed by atoms with Crippen LogP contribution in [0.4, 0.5) is 4.79 Å². The van der Waals surface area contributed by atoms with Gasteiger partial charge < -0.3 is 19.5 Å². The number of carboxylic acids is 1. The van der Waals surface area contributed by atoms with Gasteiger partial charge in [0.05, 0.1) is 0 Å². The van der Waals surface area contributed by atoms with Gasteiger partial charge in [0.1, 0.15) is 11.5 Å². The molecule has 1 fully saturated rings. The Kier molecular flexibility index (Phi) is 8.76. The van der Waals surface area contributed by atoms with Gasteiger partial charge in [0.25, 0.3) is 0 Å². The van der Waals surface area contributed by atoms with Crippen LogP contribution in [0.15, 0.2) is 77.4 Å². The van der Waals surface area contributed by atoms with Crippen LogP contribution in [-0.2, 0) is 9.53 Å². The first kappa shape index (κ1) is 28.8. The van der Waals surface area contributed by atoms with E-state index in [2.05, 4.69) is 0 Å². The highest BCUT2D eigenvalue weighted by atomic mass is 35.5. The Morgan fingerprint density at radius 3 is 2.33 bits per heavy atom. The van der Waals surface area contributed by atoms with Crippen molar-refractivity contribution in [2.45, 2.75) is 31.3 Å². The van der Waals surface area contributed by atoms with Crippen molar-refractivity contribution in [1.29, 1.82) is 0 Å². The SMILES string of the molecule is CSc1ccc(C(=O)C2CN(C(=O)Oc3ccc(Cl)cc3)CC2C2C=C(OC(C)(C)C(=O)O)C=CC2C)cc1. The van der Waals surface area contributed by atoms with Crippen LogP contribution in [0, 0.1) is 23.7 Å². The summed E-state index contributed by atoms with van der Waals surface area (Å²) in [4.78, 5) is 41.2. The predicted molar refractivity (Wildman–Crippen MR) is 151 cm³/mol. The largest absolute Gasteiger partial charge is 0.478 e. The lowest BCUT2D eigenvalue weighted by molar-refractivity contribution is -0.156. The molecule has 4 rings (SSSR count). The molecule has 39 heavy (non-hydrogen) atoms. The van der Waals surface area contributed by atoms with Crippen LogP contribution in [0.1, 0.15) is 31.1 Å². The fourth-order valence-electron chi connectivity index (χ4n) is 4.97. The van der Waals surface area contributed by atoms with E-state index < -0.39 is 23.6 Å².